The summed E-state index contributed by atoms with van der Waals surface area (Å²) in [5, 5.41) is 8.99. The predicted octanol–water partition coefficient (Wildman–Crippen LogP) is 4.35. The fourth-order valence-corrected chi connectivity index (χ4v) is 3.33. The Morgan fingerprint density at radius 2 is 1.83 bits per heavy atom. The maximum atomic E-state index is 14.2. The molecular weight excluding hydrogens is 313 g/mol. The number of aromatic nitrogens is 3. The van der Waals surface area contributed by atoms with Crippen molar-refractivity contribution >= 4 is 11.6 Å². The third-order valence-corrected chi connectivity index (χ3v) is 4.79. The van der Waals surface area contributed by atoms with Gasteiger partial charge in [-0.1, -0.05) is 41.9 Å². The first-order valence-electron chi connectivity index (χ1n) is 7.53. The van der Waals surface area contributed by atoms with E-state index in [0.717, 1.165) is 18.7 Å². The lowest BCUT2D eigenvalue weighted by molar-refractivity contribution is 0.627. The number of benzene rings is 2. The summed E-state index contributed by atoms with van der Waals surface area (Å²) in [6, 6.07) is 14.9. The van der Waals surface area contributed by atoms with Crippen LogP contribution >= 0.6 is 11.6 Å². The summed E-state index contributed by atoms with van der Waals surface area (Å²) in [5.41, 5.74) is 1.56. The molecule has 4 rings (SSSR count). The normalized spacial score (nSPS) is 15.6. The molecule has 3 nitrogen and oxygen atoms in total. The Kier molecular flexibility index (Phi) is 3.23. The third-order valence-electron chi connectivity index (χ3n) is 4.55. The van der Waals surface area contributed by atoms with E-state index in [1.165, 1.54) is 11.6 Å². The van der Waals surface area contributed by atoms with Crippen molar-refractivity contribution in [2.45, 2.75) is 18.3 Å². The van der Waals surface area contributed by atoms with Gasteiger partial charge >= 0.3 is 0 Å². The molecule has 1 fully saturated rings. The van der Waals surface area contributed by atoms with Gasteiger partial charge in [-0.05, 0) is 36.6 Å². The smallest absolute Gasteiger partial charge is 0.166 e. The Balaban J connectivity index is 1.80. The number of rotatable bonds is 3. The quantitative estimate of drug-likeness (QED) is 0.716. The van der Waals surface area contributed by atoms with E-state index < -0.39 is 0 Å². The number of halogens is 2. The molecule has 0 amide bonds. The number of hydrogen-bond acceptors (Lipinski definition) is 2. The van der Waals surface area contributed by atoms with Crippen LogP contribution in [0.15, 0.2) is 48.5 Å². The van der Waals surface area contributed by atoms with Gasteiger partial charge in [0, 0.05) is 12.1 Å². The molecule has 0 unspecified atom stereocenters. The molecule has 1 saturated carbocycles. The fourth-order valence-electron chi connectivity index (χ4n) is 3.17. The maximum Gasteiger partial charge on any atom is 0.166 e. The van der Waals surface area contributed by atoms with Crippen molar-refractivity contribution in [1.82, 2.24) is 14.8 Å². The maximum absolute atomic E-state index is 14.2. The van der Waals surface area contributed by atoms with Gasteiger partial charge in [0.15, 0.2) is 5.82 Å². The fraction of sp³-hybridized carbons (Fsp3) is 0.222. The van der Waals surface area contributed by atoms with E-state index in [1.807, 2.05) is 29.8 Å². The van der Waals surface area contributed by atoms with Crippen LogP contribution in [0, 0.1) is 5.82 Å². The largest absolute Gasteiger partial charge is 0.313 e. The first-order valence-corrected chi connectivity index (χ1v) is 7.90. The van der Waals surface area contributed by atoms with Crippen LogP contribution in [0.2, 0.25) is 5.02 Å². The molecule has 1 aromatic heterocycles. The molecule has 1 aliphatic rings. The summed E-state index contributed by atoms with van der Waals surface area (Å²) in [4.78, 5) is 0. The molecule has 0 aliphatic heterocycles. The van der Waals surface area contributed by atoms with Crippen LogP contribution in [0.1, 0.15) is 24.2 Å². The van der Waals surface area contributed by atoms with E-state index in [4.69, 9.17) is 11.6 Å². The molecule has 116 valence electrons. The van der Waals surface area contributed by atoms with Gasteiger partial charge < -0.3 is 4.57 Å². The van der Waals surface area contributed by atoms with E-state index in [2.05, 4.69) is 22.3 Å². The minimum absolute atomic E-state index is 0.0931. The molecule has 0 atom stereocenters. The number of nitrogens with zero attached hydrogens (tertiary/aromatic N) is 3. The van der Waals surface area contributed by atoms with Crippen molar-refractivity contribution in [3.05, 3.63) is 70.8 Å². The first-order chi connectivity index (χ1) is 11.1. The van der Waals surface area contributed by atoms with Crippen LogP contribution in [0.3, 0.4) is 0 Å². The Morgan fingerprint density at radius 1 is 1.09 bits per heavy atom. The molecule has 2 aromatic carbocycles. The van der Waals surface area contributed by atoms with Crippen LogP contribution in [-0.2, 0) is 12.5 Å². The minimum atomic E-state index is -0.385. The highest BCUT2D eigenvalue weighted by Gasteiger charge is 2.49. The Morgan fingerprint density at radius 3 is 2.48 bits per heavy atom. The Bertz CT molecular complexity index is 869. The summed E-state index contributed by atoms with van der Waals surface area (Å²) in [6.45, 7) is 0. The van der Waals surface area contributed by atoms with E-state index in [0.29, 0.717) is 16.4 Å². The standard InChI is InChI=1S/C18H15ClFN3/c1-23-16(14-8-7-13(19)11-15(14)20)21-22-17(23)18(9-10-18)12-5-3-2-4-6-12/h2-8,11H,9-10H2,1H3. The highest BCUT2D eigenvalue weighted by Crippen LogP contribution is 2.52. The van der Waals surface area contributed by atoms with Crippen molar-refractivity contribution in [3.63, 3.8) is 0 Å². The van der Waals surface area contributed by atoms with Crippen molar-refractivity contribution in [3.8, 4) is 11.4 Å². The first kappa shape index (κ1) is 14.4. The average Bonchev–Trinajstić information content (AvgIpc) is 3.27. The lowest BCUT2D eigenvalue weighted by atomic mass is 9.95. The summed E-state index contributed by atoms with van der Waals surface area (Å²) in [7, 11) is 1.89. The van der Waals surface area contributed by atoms with Crippen molar-refractivity contribution in [1.29, 1.82) is 0 Å². The highest BCUT2D eigenvalue weighted by molar-refractivity contribution is 6.30. The highest BCUT2D eigenvalue weighted by atomic mass is 35.5. The molecule has 0 bridgehead atoms. The van der Waals surface area contributed by atoms with Crippen LogP contribution in [-0.4, -0.2) is 14.8 Å². The summed E-state index contributed by atoms with van der Waals surface area (Å²) < 4.78 is 16.1. The molecule has 23 heavy (non-hydrogen) atoms. The van der Waals surface area contributed by atoms with Crippen LogP contribution in [0.4, 0.5) is 4.39 Å². The van der Waals surface area contributed by atoms with Crippen molar-refractivity contribution in [2.24, 2.45) is 7.05 Å². The zero-order valence-electron chi connectivity index (χ0n) is 12.6. The van der Waals surface area contributed by atoms with Crippen molar-refractivity contribution < 1.29 is 4.39 Å². The lowest BCUT2D eigenvalue weighted by Crippen LogP contribution is -2.15. The van der Waals surface area contributed by atoms with Gasteiger partial charge in [0.05, 0.1) is 11.0 Å². The predicted molar refractivity (Wildman–Crippen MR) is 87.9 cm³/mol. The molecule has 3 aromatic rings. The van der Waals surface area contributed by atoms with Crippen LogP contribution < -0.4 is 0 Å². The van der Waals surface area contributed by atoms with E-state index in [-0.39, 0.29) is 11.2 Å². The van der Waals surface area contributed by atoms with Crippen LogP contribution in [0.5, 0.6) is 0 Å². The lowest BCUT2D eigenvalue weighted by Gasteiger charge is -2.15. The summed E-state index contributed by atoms with van der Waals surface area (Å²) >= 11 is 5.83. The zero-order valence-corrected chi connectivity index (χ0v) is 13.4. The second kappa shape index (κ2) is 5.17. The van der Waals surface area contributed by atoms with Gasteiger partial charge in [-0.2, -0.15) is 0 Å². The number of hydrogen-bond donors (Lipinski definition) is 0. The molecular formula is C18H15ClFN3. The van der Waals surface area contributed by atoms with Gasteiger partial charge in [0.25, 0.3) is 0 Å². The topological polar surface area (TPSA) is 30.7 Å². The van der Waals surface area contributed by atoms with Gasteiger partial charge in [-0.25, -0.2) is 4.39 Å². The zero-order chi connectivity index (χ0) is 16.0. The second-order valence-electron chi connectivity index (χ2n) is 5.98. The molecule has 0 spiro atoms. The SMILES string of the molecule is Cn1c(-c2ccc(Cl)cc2F)nnc1C1(c2ccccc2)CC1. The average molecular weight is 328 g/mol. The second-order valence-corrected chi connectivity index (χ2v) is 6.41. The monoisotopic (exact) mass is 327 g/mol. The molecule has 0 radical (unpaired) electrons. The molecule has 1 aliphatic carbocycles. The molecule has 5 heteroatoms. The van der Waals surface area contributed by atoms with E-state index in [1.54, 1.807) is 12.1 Å². The molecule has 0 N–H and O–H groups in total. The van der Waals surface area contributed by atoms with E-state index >= 15 is 0 Å². The van der Waals surface area contributed by atoms with Gasteiger partial charge in [-0.15, -0.1) is 10.2 Å². The summed E-state index contributed by atoms with van der Waals surface area (Å²) in [6.07, 6.45) is 2.07. The molecule has 1 heterocycles. The Hall–Kier alpha value is -2.20. The van der Waals surface area contributed by atoms with Crippen molar-refractivity contribution in [2.75, 3.05) is 0 Å². The third kappa shape index (κ3) is 2.25. The minimum Gasteiger partial charge on any atom is -0.313 e. The summed E-state index contributed by atoms with van der Waals surface area (Å²) in [5.74, 6) is 1.02. The van der Waals surface area contributed by atoms with Gasteiger partial charge in [-0.3, -0.25) is 0 Å². The van der Waals surface area contributed by atoms with Gasteiger partial charge in [0.2, 0.25) is 0 Å². The van der Waals surface area contributed by atoms with Crippen LogP contribution in [0.25, 0.3) is 11.4 Å². The molecule has 0 saturated heterocycles. The van der Waals surface area contributed by atoms with Gasteiger partial charge in [0.1, 0.15) is 11.6 Å². The Labute approximate surface area is 138 Å². The van der Waals surface area contributed by atoms with E-state index in [9.17, 15) is 4.39 Å².